The van der Waals surface area contributed by atoms with Gasteiger partial charge in [0, 0.05) is 12.8 Å². The van der Waals surface area contributed by atoms with E-state index in [4.69, 9.17) is 19.3 Å². The van der Waals surface area contributed by atoms with Crippen molar-refractivity contribution in [2.24, 2.45) is 0 Å². The first-order valence-corrected chi connectivity index (χ1v) is 18.3. The van der Waals surface area contributed by atoms with Gasteiger partial charge >= 0.3 is 19.8 Å². The van der Waals surface area contributed by atoms with Crippen LogP contribution in [0.1, 0.15) is 149 Å². The Labute approximate surface area is 262 Å². The van der Waals surface area contributed by atoms with E-state index in [1.54, 1.807) is 0 Å². The largest absolute Gasteiger partial charge is 0.469 e. The highest BCUT2D eigenvalue weighted by Crippen LogP contribution is 2.35. The zero-order valence-corrected chi connectivity index (χ0v) is 28.0. The molecule has 9 heteroatoms. The van der Waals surface area contributed by atoms with E-state index in [0.717, 1.165) is 70.6 Å². The number of phosphoric ester groups is 1. The van der Waals surface area contributed by atoms with Crippen molar-refractivity contribution >= 4 is 19.8 Å². The lowest BCUT2D eigenvalue weighted by Gasteiger charge is -2.18. The average Bonchev–Trinajstić information content (AvgIpc) is 2.97. The lowest BCUT2D eigenvalue weighted by Crippen LogP contribution is -2.29. The van der Waals surface area contributed by atoms with Crippen molar-refractivity contribution in [2.75, 3.05) is 13.2 Å². The molecule has 0 radical (unpaired) electrons. The number of rotatable bonds is 30. The third-order valence-corrected chi connectivity index (χ3v) is 7.41. The lowest BCUT2D eigenvalue weighted by molar-refractivity contribution is -0.161. The van der Waals surface area contributed by atoms with Gasteiger partial charge in [-0.25, -0.2) is 4.57 Å². The second-order valence-electron chi connectivity index (χ2n) is 11.1. The van der Waals surface area contributed by atoms with E-state index in [9.17, 15) is 14.2 Å². The molecule has 0 spiro atoms. The van der Waals surface area contributed by atoms with E-state index in [-0.39, 0.29) is 19.4 Å². The molecule has 0 rings (SSSR count). The van der Waals surface area contributed by atoms with E-state index in [1.807, 2.05) is 0 Å². The third kappa shape index (κ3) is 33.0. The Bertz CT molecular complexity index is 802. The number of ether oxygens (including phenoxy) is 2. The van der Waals surface area contributed by atoms with Crippen LogP contribution in [-0.2, 0) is 28.2 Å². The quantitative estimate of drug-likeness (QED) is 0.0349. The van der Waals surface area contributed by atoms with Gasteiger partial charge in [-0.2, -0.15) is 0 Å². The molecule has 0 saturated heterocycles. The predicted molar refractivity (Wildman–Crippen MR) is 175 cm³/mol. The summed E-state index contributed by atoms with van der Waals surface area (Å²) in [4.78, 5) is 42.5. The summed E-state index contributed by atoms with van der Waals surface area (Å²) in [5.74, 6) is -0.908. The van der Waals surface area contributed by atoms with Crippen molar-refractivity contribution in [1.29, 1.82) is 0 Å². The summed E-state index contributed by atoms with van der Waals surface area (Å²) in [6.07, 6.45) is 33.0. The van der Waals surface area contributed by atoms with Gasteiger partial charge in [0.05, 0.1) is 6.61 Å². The maximum Gasteiger partial charge on any atom is 0.469 e. The van der Waals surface area contributed by atoms with Gasteiger partial charge in [0.2, 0.25) is 0 Å². The van der Waals surface area contributed by atoms with Crippen LogP contribution in [0.15, 0.2) is 36.5 Å². The van der Waals surface area contributed by atoms with Crippen molar-refractivity contribution in [1.82, 2.24) is 0 Å². The highest BCUT2D eigenvalue weighted by Gasteiger charge is 2.22. The molecule has 250 valence electrons. The molecule has 0 saturated carbocycles. The summed E-state index contributed by atoms with van der Waals surface area (Å²) < 4.78 is 26.2. The van der Waals surface area contributed by atoms with Crippen LogP contribution >= 0.6 is 7.82 Å². The number of hydrogen-bond donors (Lipinski definition) is 2. The lowest BCUT2D eigenvalue weighted by atomic mass is 10.1. The summed E-state index contributed by atoms with van der Waals surface area (Å²) in [5.41, 5.74) is 0. The van der Waals surface area contributed by atoms with Crippen LogP contribution in [-0.4, -0.2) is 41.0 Å². The van der Waals surface area contributed by atoms with Crippen LogP contribution < -0.4 is 0 Å². The molecule has 0 heterocycles. The number of carbonyl (C=O) groups excluding carboxylic acids is 2. The second-order valence-corrected chi connectivity index (χ2v) is 12.4. The van der Waals surface area contributed by atoms with Crippen LogP contribution in [0.5, 0.6) is 0 Å². The topological polar surface area (TPSA) is 119 Å². The Morgan fingerprint density at radius 2 is 1.12 bits per heavy atom. The van der Waals surface area contributed by atoms with Gasteiger partial charge in [-0.05, 0) is 44.9 Å². The fourth-order valence-electron chi connectivity index (χ4n) is 4.44. The first-order valence-electron chi connectivity index (χ1n) is 16.8. The molecule has 0 aliphatic rings. The summed E-state index contributed by atoms with van der Waals surface area (Å²) >= 11 is 0. The predicted octanol–water partition coefficient (Wildman–Crippen LogP) is 9.45. The number of phosphoric acid groups is 1. The Morgan fingerprint density at radius 1 is 0.628 bits per heavy atom. The van der Waals surface area contributed by atoms with Crippen molar-refractivity contribution in [3.8, 4) is 0 Å². The molecule has 0 bridgehead atoms. The molecule has 8 nitrogen and oxygen atoms in total. The zero-order chi connectivity index (χ0) is 31.9. The maximum absolute atomic E-state index is 12.3. The van der Waals surface area contributed by atoms with Gasteiger partial charge in [0.25, 0.3) is 0 Å². The molecular formula is C34H61O8P. The molecule has 2 N–H and O–H groups in total. The fraction of sp³-hybridized carbons (Fsp3) is 0.765. The molecule has 1 unspecified atom stereocenters. The molecule has 0 amide bonds. The Morgan fingerprint density at radius 3 is 1.67 bits per heavy atom. The van der Waals surface area contributed by atoms with Gasteiger partial charge in [0.1, 0.15) is 6.61 Å². The highest BCUT2D eigenvalue weighted by atomic mass is 31.2. The molecule has 0 fully saturated rings. The van der Waals surface area contributed by atoms with E-state index in [1.165, 1.54) is 44.9 Å². The number of carbonyl (C=O) groups is 2. The molecule has 0 aromatic heterocycles. The number of allylic oxidation sites excluding steroid dienone is 6. The first-order chi connectivity index (χ1) is 20.8. The molecular weight excluding hydrogens is 567 g/mol. The van der Waals surface area contributed by atoms with Crippen LogP contribution in [0, 0.1) is 0 Å². The summed E-state index contributed by atoms with van der Waals surface area (Å²) in [6, 6.07) is 0. The Hall–Kier alpha value is -1.73. The molecule has 0 aliphatic carbocycles. The maximum atomic E-state index is 12.3. The van der Waals surface area contributed by atoms with Crippen molar-refractivity contribution < 1.29 is 37.9 Å². The van der Waals surface area contributed by atoms with E-state index < -0.39 is 32.5 Å². The Kier molecular flexibility index (Phi) is 29.1. The van der Waals surface area contributed by atoms with Crippen LogP contribution in [0.4, 0.5) is 0 Å². The minimum absolute atomic E-state index is 0.193. The first kappa shape index (κ1) is 41.3. The van der Waals surface area contributed by atoms with E-state index in [0.29, 0.717) is 6.42 Å². The van der Waals surface area contributed by atoms with Crippen molar-refractivity contribution in [3.63, 3.8) is 0 Å². The fourth-order valence-corrected chi connectivity index (χ4v) is 4.80. The van der Waals surface area contributed by atoms with Gasteiger partial charge in [-0.3, -0.25) is 14.1 Å². The minimum atomic E-state index is -4.75. The molecule has 0 aromatic carbocycles. The van der Waals surface area contributed by atoms with Crippen LogP contribution in [0.3, 0.4) is 0 Å². The normalized spacial score (nSPS) is 12.9. The van der Waals surface area contributed by atoms with Gasteiger partial charge in [-0.15, -0.1) is 0 Å². The van der Waals surface area contributed by atoms with Crippen molar-refractivity contribution in [2.45, 2.75) is 155 Å². The second kappa shape index (κ2) is 30.3. The third-order valence-electron chi connectivity index (χ3n) is 6.92. The standard InChI is InChI=1S/C34H61O8P/c1-3-5-7-9-11-13-15-16-17-18-19-21-23-25-27-29-34(36)42-32(31-41-43(37,38)39)30-40-33(35)28-26-24-22-20-14-12-10-8-6-4-2/h5,7,11,13,16-17,32H,3-4,6,8-10,12,14-15,18-31H2,1-2H3,(H2,37,38,39)/b7-5-,13-11-,17-16-. The summed E-state index contributed by atoms with van der Waals surface area (Å²) in [5, 5.41) is 0. The number of unbranched alkanes of at least 4 members (excludes halogenated alkanes) is 14. The zero-order valence-electron chi connectivity index (χ0n) is 27.1. The van der Waals surface area contributed by atoms with E-state index in [2.05, 4.69) is 54.8 Å². The summed E-state index contributed by atoms with van der Waals surface area (Å²) in [7, 11) is -4.75. The monoisotopic (exact) mass is 628 g/mol. The van der Waals surface area contributed by atoms with Crippen LogP contribution in [0.2, 0.25) is 0 Å². The summed E-state index contributed by atoms with van der Waals surface area (Å²) in [6.45, 7) is 3.52. The van der Waals surface area contributed by atoms with Gasteiger partial charge in [0.15, 0.2) is 6.10 Å². The smallest absolute Gasteiger partial charge is 0.462 e. The van der Waals surface area contributed by atoms with Gasteiger partial charge in [-0.1, -0.05) is 127 Å². The van der Waals surface area contributed by atoms with Crippen LogP contribution in [0.25, 0.3) is 0 Å². The molecule has 0 aliphatic heterocycles. The average molecular weight is 629 g/mol. The highest BCUT2D eigenvalue weighted by molar-refractivity contribution is 7.46. The number of hydrogen-bond acceptors (Lipinski definition) is 6. The minimum Gasteiger partial charge on any atom is -0.462 e. The SMILES string of the molecule is CC/C=C\C/C=C\C/C=C\CCCCCCCC(=O)OC(COC(=O)CCCCCCCCCCCC)COP(=O)(O)O. The molecule has 1 atom stereocenters. The van der Waals surface area contributed by atoms with Crippen molar-refractivity contribution in [3.05, 3.63) is 36.5 Å². The van der Waals surface area contributed by atoms with Gasteiger partial charge < -0.3 is 19.3 Å². The number of esters is 2. The molecule has 0 aromatic rings. The molecule has 43 heavy (non-hydrogen) atoms. The van der Waals surface area contributed by atoms with E-state index >= 15 is 0 Å². The Balaban J connectivity index is 4.05.